The number of halogens is 2. The van der Waals surface area contributed by atoms with Gasteiger partial charge >= 0.3 is 5.69 Å². The van der Waals surface area contributed by atoms with Gasteiger partial charge in [0.2, 0.25) is 11.8 Å². The molecule has 0 bridgehead atoms. The van der Waals surface area contributed by atoms with Crippen LogP contribution < -0.4 is 21.2 Å². The van der Waals surface area contributed by atoms with Crippen LogP contribution in [0.4, 0.5) is 11.4 Å². The lowest BCUT2D eigenvalue weighted by Gasteiger charge is -2.40. The molecule has 1 saturated carbocycles. The first-order valence-corrected chi connectivity index (χ1v) is 20.9. The van der Waals surface area contributed by atoms with Crippen molar-refractivity contribution in [3.05, 3.63) is 86.4 Å². The van der Waals surface area contributed by atoms with E-state index in [0.717, 1.165) is 80.3 Å². The molecule has 3 amide bonds. The number of imidazole rings is 1. The van der Waals surface area contributed by atoms with Crippen LogP contribution in [0.15, 0.2) is 59.5 Å². The summed E-state index contributed by atoms with van der Waals surface area (Å²) in [6.45, 7) is 6.15. The summed E-state index contributed by atoms with van der Waals surface area (Å²) < 4.78 is 5.26. The van der Waals surface area contributed by atoms with Crippen LogP contribution in [0.3, 0.4) is 0 Å². The van der Waals surface area contributed by atoms with Crippen LogP contribution in [0, 0.1) is 5.92 Å². The van der Waals surface area contributed by atoms with Crippen LogP contribution in [0.5, 0.6) is 0 Å². The summed E-state index contributed by atoms with van der Waals surface area (Å²) in [5.41, 5.74) is 3.27. The highest BCUT2D eigenvalue weighted by Crippen LogP contribution is 2.37. The van der Waals surface area contributed by atoms with Crippen LogP contribution in [-0.4, -0.2) is 79.4 Å². The standard InChI is InChI=1S/C43H50Cl2N8O5/c1-43(2,58)30-22-33-27(21-34(30)46-40(55)26-10-13-31(44)32(45)20-26)24-52(48-33)29-11-8-25(9-12-29)23-49(3)28-16-18-51(19-17-28)35-6-5-7-36-39(35)50(4)42(57)53(36)37-14-15-38(54)47-41(37)56/h5-7,10,13,20-22,24-25,28-29,37,58H,8-9,11-12,14-19,23H2,1-4H3,(H,46,55)(H,47,54,56)/t25-,29-,37?. The van der Waals surface area contributed by atoms with Crippen molar-refractivity contribution in [1.29, 1.82) is 0 Å². The van der Waals surface area contributed by atoms with E-state index in [0.29, 0.717) is 50.8 Å². The normalized spacial score (nSPS) is 21.0. The zero-order valence-electron chi connectivity index (χ0n) is 33.3. The highest BCUT2D eigenvalue weighted by Gasteiger charge is 2.33. The topological polar surface area (TPSA) is 147 Å². The quantitative estimate of drug-likeness (QED) is 0.138. The molecule has 3 fully saturated rings. The van der Waals surface area contributed by atoms with Gasteiger partial charge in [-0.2, -0.15) is 5.10 Å². The van der Waals surface area contributed by atoms with Crippen LogP contribution in [0.25, 0.3) is 21.9 Å². The van der Waals surface area contributed by atoms with E-state index >= 15 is 0 Å². The van der Waals surface area contributed by atoms with Crippen molar-refractivity contribution in [1.82, 2.24) is 29.1 Å². The van der Waals surface area contributed by atoms with Gasteiger partial charge < -0.3 is 20.2 Å². The number of nitrogens with zero attached hydrogens (tertiary/aromatic N) is 6. The molecular weight excluding hydrogens is 779 g/mol. The Morgan fingerprint density at radius 2 is 1.72 bits per heavy atom. The van der Waals surface area contributed by atoms with E-state index in [1.807, 2.05) is 30.5 Å². The lowest BCUT2D eigenvalue weighted by atomic mass is 9.85. The lowest BCUT2D eigenvalue weighted by molar-refractivity contribution is -0.135. The average molecular weight is 830 g/mol. The molecule has 0 spiro atoms. The first-order chi connectivity index (χ1) is 27.7. The van der Waals surface area contributed by atoms with Gasteiger partial charge in [0, 0.05) is 67.5 Å². The highest BCUT2D eigenvalue weighted by molar-refractivity contribution is 6.42. The lowest BCUT2D eigenvalue weighted by Crippen LogP contribution is -2.45. The maximum absolute atomic E-state index is 13.5. The van der Waals surface area contributed by atoms with Crippen LogP contribution >= 0.6 is 23.2 Å². The molecule has 3 aromatic carbocycles. The number of aryl methyl sites for hydroxylation is 1. The molecule has 1 unspecified atom stereocenters. The Labute approximate surface area is 346 Å². The largest absolute Gasteiger partial charge is 0.386 e. The molecule has 58 heavy (non-hydrogen) atoms. The van der Waals surface area contributed by atoms with Gasteiger partial charge in [0.1, 0.15) is 6.04 Å². The second-order valence-electron chi connectivity index (χ2n) is 16.9. The summed E-state index contributed by atoms with van der Waals surface area (Å²) in [6, 6.07) is 14.4. The first-order valence-electron chi connectivity index (χ1n) is 20.2. The molecule has 2 aromatic heterocycles. The summed E-state index contributed by atoms with van der Waals surface area (Å²) in [7, 11) is 4.00. The maximum atomic E-state index is 13.5. The number of benzene rings is 3. The minimum absolute atomic E-state index is 0.211. The third-order valence-corrected chi connectivity index (χ3v) is 13.3. The average Bonchev–Trinajstić information content (AvgIpc) is 3.73. The van der Waals surface area contributed by atoms with Gasteiger partial charge in [0.15, 0.2) is 0 Å². The third-order valence-electron chi connectivity index (χ3n) is 12.5. The molecular formula is C43H50Cl2N8O5. The minimum Gasteiger partial charge on any atom is -0.386 e. The molecule has 3 N–H and O–H groups in total. The number of hydrogen-bond acceptors (Lipinski definition) is 8. The number of aromatic nitrogens is 4. The van der Waals surface area contributed by atoms with Crippen molar-refractivity contribution in [3.8, 4) is 0 Å². The van der Waals surface area contributed by atoms with Crippen LogP contribution in [-0.2, 0) is 22.2 Å². The number of hydrogen-bond donors (Lipinski definition) is 3. The summed E-state index contributed by atoms with van der Waals surface area (Å²) in [5, 5.41) is 22.9. The number of anilines is 2. The Morgan fingerprint density at radius 3 is 2.41 bits per heavy atom. The second-order valence-corrected chi connectivity index (χ2v) is 17.7. The number of para-hydroxylation sites is 1. The molecule has 2 aliphatic heterocycles. The second kappa shape index (κ2) is 15.8. The molecule has 306 valence electrons. The van der Waals surface area contributed by atoms with E-state index in [4.69, 9.17) is 28.3 Å². The molecule has 3 aliphatic rings. The number of rotatable bonds is 9. The van der Waals surface area contributed by atoms with Crippen LogP contribution in [0.2, 0.25) is 10.0 Å². The van der Waals surface area contributed by atoms with Crippen LogP contribution in [0.1, 0.15) is 93.2 Å². The van der Waals surface area contributed by atoms with E-state index in [1.165, 1.54) is 6.07 Å². The highest BCUT2D eigenvalue weighted by atomic mass is 35.5. The van der Waals surface area contributed by atoms with Gasteiger partial charge in [-0.05, 0) is 114 Å². The third kappa shape index (κ3) is 7.77. The number of piperidine rings is 2. The molecule has 1 atom stereocenters. The Morgan fingerprint density at radius 1 is 0.983 bits per heavy atom. The fourth-order valence-corrected chi connectivity index (χ4v) is 9.62. The predicted octanol–water partition coefficient (Wildman–Crippen LogP) is 6.79. The minimum atomic E-state index is -1.22. The molecule has 1 aliphatic carbocycles. The Hall–Kier alpha value is -4.69. The molecule has 15 heteroatoms. The van der Waals surface area contributed by atoms with Crippen molar-refractivity contribution < 1.29 is 19.5 Å². The molecule has 4 heterocycles. The van der Waals surface area contributed by atoms with Crippen molar-refractivity contribution in [2.45, 2.75) is 88.9 Å². The Bertz CT molecular complexity index is 2470. The van der Waals surface area contributed by atoms with Gasteiger partial charge in [0.25, 0.3) is 5.91 Å². The summed E-state index contributed by atoms with van der Waals surface area (Å²) in [6.07, 6.45) is 8.82. The van der Waals surface area contributed by atoms with Gasteiger partial charge in [-0.3, -0.25) is 33.5 Å². The van der Waals surface area contributed by atoms with Crippen molar-refractivity contribution in [3.63, 3.8) is 0 Å². The summed E-state index contributed by atoms with van der Waals surface area (Å²) in [4.78, 5) is 56.1. The van der Waals surface area contributed by atoms with Gasteiger partial charge in [-0.25, -0.2) is 4.79 Å². The monoisotopic (exact) mass is 828 g/mol. The van der Waals surface area contributed by atoms with E-state index in [2.05, 4.69) is 38.2 Å². The van der Waals surface area contributed by atoms with Crippen molar-refractivity contribution >= 4 is 74.2 Å². The fourth-order valence-electron chi connectivity index (χ4n) is 9.32. The van der Waals surface area contributed by atoms with E-state index in [1.54, 1.807) is 42.2 Å². The number of nitrogens with one attached hydrogen (secondary N) is 2. The maximum Gasteiger partial charge on any atom is 0.329 e. The van der Waals surface area contributed by atoms with Crippen molar-refractivity contribution in [2.75, 3.05) is 36.9 Å². The number of amides is 3. The number of fused-ring (bicyclic) bond motifs is 2. The summed E-state index contributed by atoms with van der Waals surface area (Å²) >= 11 is 12.2. The van der Waals surface area contributed by atoms with Gasteiger partial charge in [-0.1, -0.05) is 29.3 Å². The van der Waals surface area contributed by atoms with Crippen molar-refractivity contribution in [2.24, 2.45) is 13.0 Å². The predicted molar refractivity (Wildman–Crippen MR) is 227 cm³/mol. The number of imide groups is 1. The van der Waals surface area contributed by atoms with E-state index < -0.39 is 17.6 Å². The molecule has 8 rings (SSSR count). The number of carbonyl (C=O) groups excluding carboxylic acids is 3. The summed E-state index contributed by atoms with van der Waals surface area (Å²) in [5.74, 6) is -0.491. The number of carbonyl (C=O) groups is 3. The zero-order chi connectivity index (χ0) is 41.0. The molecule has 5 aromatic rings. The fraction of sp³-hybridized carbons (Fsp3) is 0.465. The molecule has 0 radical (unpaired) electrons. The first kappa shape index (κ1) is 40.1. The number of aliphatic hydroxyl groups is 1. The smallest absolute Gasteiger partial charge is 0.329 e. The Kier molecular flexibility index (Phi) is 10.9. The molecule has 13 nitrogen and oxygen atoms in total. The Balaban J connectivity index is 0.884. The SMILES string of the molecule is CN(C[C@H]1CC[C@H](n2cc3cc(NC(=O)c4ccc(Cl)c(Cl)c4)c(C(C)(C)O)cc3n2)CC1)C1CCN(c2cccc3c2n(C)c(=O)n3C2CCC(=O)NC2=O)CC1. The molecule has 2 saturated heterocycles. The van der Waals surface area contributed by atoms with E-state index in [-0.39, 0.29) is 30.0 Å². The van der Waals surface area contributed by atoms with E-state index in [9.17, 15) is 24.3 Å². The van der Waals surface area contributed by atoms with Gasteiger partial charge in [0.05, 0.1) is 43.9 Å². The zero-order valence-corrected chi connectivity index (χ0v) is 34.8. The van der Waals surface area contributed by atoms with Gasteiger partial charge in [-0.15, -0.1) is 0 Å².